The molecule has 0 unspecified atom stereocenters. The summed E-state index contributed by atoms with van der Waals surface area (Å²) in [4.78, 5) is 41.2. The minimum atomic E-state index is -1.18. The molecule has 0 atom stereocenters. The molecular weight excluding hydrogens is 260 g/mol. The maximum Gasteiger partial charge on any atom is 0.348 e. The fraction of sp³-hybridized carbons (Fsp3) is 0. The van der Waals surface area contributed by atoms with Gasteiger partial charge in [-0.15, -0.1) is 11.3 Å². The molecule has 0 bridgehead atoms. The molecule has 90 valence electrons. The summed E-state index contributed by atoms with van der Waals surface area (Å²) >= 11 is 0.919. The number of aromatic carboxylic acids is 1. The van der Waals surface area contributed by atoms with Gasteiger partial charge in [0.05, 0.1) is 0 Å². The van der Waals surface area contributed by atoms with Crippen LogP contribution in [-0.4, -0.2) is 25.7 Å². The molecule has 0 aliphatic carbocycles. The van der Waals surface area contributed by atoms with Gasteiger partial charge in [-0.2, -0.15) is 4.68 Å². The topological polar surface area (TPSA) is 114 Å². The Morgan fingerprint density at radius 1 is 1.28 bits per heavy atom. The zero-order valence-electron chi connectivity index (χ0n) is 8.58. The summed E-state index contributed by atoms with van der Waals surface area (Å²) in [5, 5.41) is 9.06. The van der Waals surface area contributed by atoms with Crippen LogP contribution in [0, 0.1) is 0 Å². The second kappa shape index (κ2) is 3.47. The molecule has 0 spiro atoms. The molecule has 3 aromatic heterocycles. The van der Waals surface area contributed by atoms with Gasteiger partial charge in [0, 0.05) is 12.4 Å². The van der Waals surface area contributed by atoms with Crippen molar-refractivity contribution in [2.75, 3.05) is 5.43 Å². The number of hydrogen-bond donors (Lipinski definition) is 2. The van der Waals surface area contributed by atoms with Crippen molar-refractivity contribution < 1.29 is 9.90 Å². The molecule has 0 saturated heterocycles. The molecule has 0 aromatic carbocycles. The third-order valence-corrected chi connectivity index (χ3v) is 3.36. The van der Waals surface area contributed by atoms with Gasteiger partial charge in [-0.05, 0) is 0 Å². The van der Waals surface area contributed by atoms with Crippen LogP contribution in [0.15, 0.2) is 22.0 Å². The number of thiophene rings is 1. The number of aromatic nitrogens is 3. The highest BCUT2D eigenvalue weighted by Gasteiger charge is 2.24. The average Bonchev–Trinajstić information content (AvgIpc) is 2.77. The molecule has 3 aromatic rings. The Balaban J connectivity index is 2.21. The smallest absolute Gasteiger partial charge is 0.348 e. The monoisotopic (exact) mass is 264 g/mol. The maximum absolute atomic E-state index is 11.1. The van der Waals surface area contributed by atoms with E-state index in [-0.39, 0.29) is 10.6 Å². The number of anilines is 1. The van der Waals surface area contributed by atoms with Crippen molar-refractivity contribution in [3.8, 4) is 0 Å². The summed E-state index contributed by atoms with van der Waals surface area (Å²) in [6, 6.07) is 0. The number of carboxylic acids is 1. The fourth-order valence-corrected chi connectivity index (χ4v) is 2.32. The normalized spacial score (nSPS) is 11.1. The molecule has 0 aliphatic heterocycles. The Morgan fingerprint density at radius 3 is 2.56 bits per heavy atom. The lowest BCUT2D eigenvalue weighted by Gasteiger charge is -1.99. The molecule has 8 nitrogen and oxygen atoms in total. The number of carboxylic acid groups (broad SMARTS) is 1. The van der Waals surface area contributed by atoms with Crippen molar-refractivity contribution in [2.45, 2.75) is 0 Å². The Labute approximate surface area is 102 Å². The van der Waals surface area contributed by atoms with E-state index in [9.17, 15) is 14.4 Å². The van der Waals surface area contributed by atoms with Crippen molar-refractivity contribution in [3.63, 3.8) is 0 Å². The Kier molecular flexibility index (Phi) is 2.04. The zero-order chi connectivity index (χ0) is 12.9. The van der Waals surface area contributed by atoms with E-state index in [1.54, 1.807) is 0 Å². The second-order valence-corrected chi connectivity index (χ2v) is 4.38. The Morgan fingerprint density at radius 2 is 1.94 bits per heavy atom. The first-order chi connectivity index (χ1) is 8.59. The number of rotatable bonds is 3. The Hall–Kier alpha value is -2.55. The van der Waals surface area contributed by atoms with Crippen LogP contribution in [0.25, 0.3) is 10.3 Å². The van der Waals surface area contributed by atoms with Crippen LogP contribution in [0.2, 0.25) is 0 Å². The number of nitrogens with zero attached hydrogens (tertiary/aromatic N) is 3. The highest BCUT2D eigenvalue weighted by molar-refractivity contribution is 7.21. The van der Waals surface area contributed by atoms with Gasteiger partial charge < -0.3 is 5.11 Å². The highest BCUT2D eigenvalue weighted by Crippen LogP contribution is 2.32. The lowest BCUT2D eigenvalue weighted by atomic mass is 10.3. The van der Waals surface area contributed by atoms with Gasteiger partial charge in [0.1, 0.15) is 20.9 Å². The summed E-state index contributed by atoms with van der Waals surface area (Å²) < 4.78 is 0.725. The van der Waals surface area contributed by atoms with Crippen LogP contribution < -0.4 is 16.5 Å². The molecule has 18 heavy (non-hydrogen) atoms. The number of carbonyl (C=O) groups is 1. The minimum absolute atomic E-state index is 0.0521. The van der Waals surface area contributed by atoms with E-state index in [0.29, 0.717) is 10.3 Å². The number of hydrogen-bond acceptors (Lipinski definition) is 7. The van der Waals surface area contributed by atoms with Crippen LogP contribution in [0.3, 0.4) is 0 Å². The van der Waals surface area contributed by atoms with E-state index in [2.05, 4.69) is 15.4 Å². The SMILES string of the molecule is O=C(O)c1sc2nccnc2c1Nn1c(=O)c1=O. The fourth-order valence-electron chi connectivity index (χ4n) is 1.43. The van der Waals surface area contributed by atoms with Crippen molar-refractivity contribution in [1.29, 1.82) is 0 Å². The summed E-state index contributed by atoms with van der Waals surface area (Å²) in [6.07, 6.45) is 2.83. The average molecular weight is 264 g/mol. The molecule has 0 aliphatic rings. The third kappa shape index (κ3) is 1.41. The lowest BCUT2D eigenvalue weighted by molar-refractivity contribution is 0.0703. The summed E-state index contributed by atoms with van der Waals surface area (Å²) in [5.41, 5.74) is 1.44. The van der Waals surface area contributed by atoms with Crippen LogP contribution >= 0.6 is 11.3 Å². The third-order valence-electron chi connectivity index (χ3n) is 2.28. The summed E-state index contributed by atoms with van der Waals surface area (Å²) in [6.45, 7) is 0. The van der Waals surface area contributed by atoms with E-state index in [4.69, 9.17) is 5.11 Å². The maximum atomic E-state index is 11.1. The largest absolute Gasteiger partial charge is 0.477 e. The zero-order valence-corrected chi connectivity index (χ0v) is 9.39. The molecule has 0 saturated carbocycles. The van der Waals surface area contributed by atoms with E-state index < -0.39 is 17.1 Å². The standard InChI is InChI=1S/C9H4N4O4S/c14-7-8(15)13(7)12-3-4-6(11-2-1-10-4)18-5(3)9(16)17/h1-2,12H,(H,16,17). The van der Waals surface area contributed by atoms with E-state index in [0.717, 1.165) is 16.0 Å². The molecular formula is C9H4N4O4S. The van der Waals surface area contributed by atoms with Crippen molar-refractivity contribution in [1.82, 2.24) is 14.6 Å². The number of fused-ring (bicyclic) bond motifs is 1. The molecule has 3 heterocycles. The van der Waals surface area contributed by atoms with Crippen molar-refractivity contribution in [2.24, 2.45) is 0 Å². The van der Waals surface area contributed by atoms with Gasteiger partial charge in [0.2, 0.25) is 0 Å². The molecule has 0 amide bonds. The van der Waals surface area contributed by atoms with E-state index >= 15 is 0 Å². The van der Waals surface area contributed by atoms with Gasteiger partial charge in [-0.3, -0.25) is 15.0 Å². The van der Waals surface area contributed by atoms with Gasteiger partial charge in [-0.25, -0.2) is 14.8 Å². The predicted octanol–water partition coefficient (Wildman–Crippen LogP) is -0.338. The predicted molar refractivity (Wildman–Crippen MR) is 62.7 cm³/mol. The summed E-state index contributed by atoms with van der Waals surface area (Å²) in [5.74, 6) is -1.18. The minimum Gasteiger partial charge on any atom is -0.477 e. The molecule has 3 rings (SSSR count). The molecule has 0 radical (unpaired) electrons. The highest BCUT2D eigenvalue weighted by atomic mass is 32.1. The van der Waals surface area contributed by atoms with Crippen LogP contribution in [0.1, 0.15) is 9.67 Å². The molecule has 9 heteroatoms. The van der Waals surface area contributed by atoms with Gasteiger partial charge in [0.25, 0.3) is 0 Å². The van der Waals surface area contributed by atoms with E-state index in [1.807, 2.05) is 0 Å². The van der Waals surface area contributed by atoms with Gasteiger partial charge in [-0.1, -0.05) is 0 Å². The van der Waals surface area contributed by atoms with E-state index in [1.165, 1.54) is 12.4 Å². The van der Waals surface area contributed by atoms with Crippen LogP contribution in [0.5, 0.6) is 0 Å². The lowest BCUT2D eigenvalue weighted by Crippen LogP contribution is -2.10. The van der Waals surface area contributed by atoms with Crippen LogP contribution in [-0.2, 0) is 0 Å². The second-order valence-electron chi connectivity index (χ2n) is 3.38. The molecule has 2 N–H and O–H groups in total. The first-order valence-corrected chi connectivity index (χ1v) is 5.53. The van der Waals surface area contributed by atoms with Crippen LogP contribution in [0.4, 0.5) is 5.69 Å². The first-order valence-electron chi connectivity index (χ1n) is 4.71. The number of nitrogens with one attached hydrogen (secondary N) is 1. The van der Waals surface area contributed by atoms with Crippen molar-refractivity contribution >= 4 is 33.3 Å². The quantitative estimate of drug-likeness (QED) is 0.622. The molecule has 0 fully saturated rings. The Bertz CT molecular complexity index is 816. The van der Waals surface area contributed by atoms with Gasteiger partial charge >= 0.3 is 17.1 Å². The van der Waals surface area contributed by atoms with Gasteiger partial charge in [0.15, 0.2) is 0 Å². The summed E-state index contributed by atoms with van der Waals surface area (Å²) in [7, 11) is 0. The first kappa shape index (κ1) is 10.6. The van der Waals surface area contributed by atoms with Crippen molar-refractivity contribution in [3.05, 3.63) is 38.0 Å².